The number of carbonyl (C=O) groups excluding carboxylic acids is 1. The molecule has 0 aliphatic carbocycles. The van der Waals surface area contributed by atoms with E-state index in [2.05, 4.69) is 25.5 Å². The van der Waals surface area contributed by atoms with Gasteiger partial charge >= 0.3 is 5.97 Å². The highest BCUT2D eigenvalue weighted by Crippen LogP contribution is 2.34. The summed E-state index contributed by atoms with van der Waals surface area (Å²) in [6, 6.07) is 10.9. The van der Waals surface area contributed by atoms with Gasteiger partial charge in [-0.2, -0.15) is 0 Å². The minimum Gasteiger partial charge on any atom is -0.465 e. The van der Waals surface area contributed by atoms with Gasteiger partial charge in [0.25, 0.3) is 0 Å². The van der Waals surface area contributed by atoms with Crippen LogP contribution >= 0.6 is 0 Å². The molecular formula is C21H29BO3. The molecule has 4 heteroatoms. The van der Waals surface area contributed by atoms with Crippen LogP contribution in [0.2, 0.25) is 0 Å². The SMILES string of the molecule is CCCC(C)(C)C(C)(C)O.[B]c1cccc2cc(C(=O)OC)ccc12. The van der Waals surface area contributed by atoms with Crippen LogP contribution in [0, 0.1) is 5.41 Å². The minimum atomic E-state index is -0.553. The summed E-state index contributed by atoms with van der Waals surface area (Å²) in [6.45, 7) is 10.1. The fourth-order valence-electron chi connectivity index (χ4n) is 2.48. The van der Waals surface area contributed by atoms with E-state index in [-0.39, 0.29) is 11.4 Å². The predicted molar refractivity (Wildman–Crippen MR) is 106 cm³/mol. The molecule has 0 heterocycles. The smallest absolute Gasteiger partial charge is 0.337 e. The molecule has 2 rings (SSSR count). The van der Waals surface area contributed by atoms with E-state index >= 15 is 0 Å². The number of fused-ring (bicyclic) bond motifs is 1. The fourth-order valence-corrected chi connectivity index (χ4v) is 2.48. The molecule has 0 atom stereocenters. The second-order valence-corrected chi connectivity index (χ2v) is 7.47. The first kappa shape index (κ1) is 21.2. The standard InChI is InChI=1S/C12H9BO2.C9H20O/c1-15-12(14)9-5-6-10-8(7-9)3-2-4-11(10)13;1-6-7-8(2,3)9(4,5)10/h2-7H,1H3;10H,6-7H2,1-5H3. The first-order valence-corrected chi connectivity index (χ1v) is 8.62. The molecule has 0 aliphatic rings. The number of hydrogen-bond donors (Lipinski definition) is 1. The monoisotopic (exact) mass is 340 g/mol. The Kier molecular flexibility index (Phi) is 7.24. The van der Waals surface area contributed by atoms with Gasteiger partial charge in [-0.25, -0.2) is 4.79 Å². The van der Waals surface area contributed by atoms with Crippen LogP contribution in [-0.2, 0) is 4.74 Å². The van der Waals surface area contributed by atoms with Crippen molar-refractivity contribution in [3.05, 3.63) is 42.0 Å². The Morgan fingerprint density at radius 1 is 1.16 bits per heavy atom. The second-order valence-electron chi connectivity index (χ2n) is 7.47. The quantitative estimate of drug-likeness (QED) is 0.676. The zero-order valence-corrected chi connectivity index (χ0v) is 16.2. The van der Waals surface area contributed by atoms with Crippen LogP contribution in [0.4, 0.5) is 0 Å². The van der Waals surface area contributed by atoms with E-state index in [0.717, 1.165) is 23.6 Å². The van der Waals surface area contributed by atoms with Crippen LogP contribution in [0.3, 0.4) is 0 Å². The molecule has 3 nitrogen and oxygen atoms in total. The molecule has 0 spiro atoms. The van der Waals surface area contributed by atoms with E-state index < -0.39 is 5.60 Å². The molecule has 0 bridgehead atoms. The molecular weight excluding hydrogens is 311 g/mol. The van der Waals surface area contributed by atoms with E-state index in [1.54, 1.807) is 12.1 Å². The summed E-state index contributed by atoms with van der Waals surface area (Å²) in [5.74, 6) is -0.334. The Bertz CT molecular complexity index is 715. The number of hydrogen-bond acceptors (Lipinski definition) is 3. The zero-order valence-electron chi connectivity index (χ0n) is 16.2. The maximum atomic E-state index is 11.3. The Morgan fingerprint density at radius 3 is 2.28 bits per heavy atom. The number of esters is 1. The number of rotatable bonds is 4. The van der Waals surface area contributed by atoms with Crippen LogP contribution in [-0.4, -0.2) is 31.6 Å². The molecule has 0 saturated heterocycles. The number of carbonyl (C=O) groups is 1. The average molecular weight is 340 g/mol. The molecule has 2 aromatic carbocycles. The first-order valence-electron chi connectivity index (χ1n) is 8.62. The second kappa shape index (κ2) is 8.53. The Hall–Kier alpha value is -1.81. The van der Waals surface area contributed by atoms with Gasteiger partial charge in [0, 0.05) is 0 Å². The van der Waals surface area contributed by atoms with Crippen molar-refractivity contribution >= 4 is 30.1 Å². The molecule has 1 N–H and O–H groups in total. The van der Waals surface area contributed by atoms with E-state index in [0.29, 0.717) is 11.0 Å². The summed E-state index contributed by atoms with van der Waals surface area (Å²) < 4.78 is 4.65. The normalized spacial score (nSPS) is 11.6. The maximum Gasteiger partial charge on any atom is 0.337 e. The molecule has 0 amide bonds. The number of aliphatic hydroxyl groups is 1. The van der Waals surface area contributed by atoms with Gasteiger partial charge in [-0.05, 0) is 48.6 Å². The van der Waals surface area contributed by atoms with E-state index in [1.807, 2.05) is 38.1 Å². The fraction of sp³-hybridized carbons (Fsp3) is 0.476. The lowest BCUT2D eigenvalue weighted by atomic mass is 9.74. The van der Waals surface area contributed by atoms with E-state index in [9.17, 15) is 9.90 Å². The summed E-state index contributed by atoms with van der Waals surface area (Å²) in [5.41, 5.74) is 0.740. The maximum absolute atomic E-state index is 11.3. The predicted octanol–water partition coefficient (Wildman–Crippen LogP) is 4.00. The van der Waals surface area contributed by atoms with Crippen molar-refractivity contribution in [2.45, 2.75) is 53.1 Å². The van der Waals surface area contributed by atoms with Crippen LogP contribution in [0.5, 0.6) is 0 Å². The van der Waals surface area contributed by atoms with Crippen molar-refractivity contribution in [2.24, 2.45) is 5.41 Å². The van der Waals surface area contributed by atoms with Crippen molar-refractivity contribution in [3.63, 3.8) is 0 Å². The third kappa shape index (κ3) is 5.60. The number of benzene rings is 2. The number of methoxy groups -OCH3 is 1. The Balaban J connectivity index is 0.000000275. The van der Waals surface area contributed by atoms with Gasteiger partial charge in [0.1, 0.15) is 7.85 Å². The van der Waals surface area contributed by atoms with Crippen molar-refractivity contribution < 1.29 is 14.6 Å². The molecule has 25 heavy (non-hydrogen) atoms. The van der Waals surface area contributed by atoms with Crippen molar-refractivity contribution in [3.8, 4) is 0 Å². The lowest BCUT2D eigenvalue weighted by molar-refractivity contribution is -0.0396. The Labute approximate surface area is 152 Å². The van der Waals surface area contributed by atoms with Gasteiger partial charge in [-0.1, -0.05) is 56.9 Å². The third-order valence-corrected chi connectivity index (χ3v) is 4.87. The molecule has 0 unspecified atom stereocenters. The molecule has 0 aromatic heterocycles. The lowest BCUT2D eigenvalue weighted by Gasteiger charge is -2.37. The van der Waals surface area contributed by atoms with Gasteiger partial charge in [0.05, 0.1) is 18.3 Å². The molecule has 2 radical (unpaired) electrons. The van der Waals surface area contributed by atoms with E-state index in [4.69, 9.17) is 7.85 Å². The van der Waals surface area contributed by atoms with Crippen molar-refractivity contribution in [2.75, 3.05) is 7.11 Å². The summed E-state index contributed by atoms with van der Waals surface area (Å²) in [4.78, 5) is 11.3. The van der Waals surface area contributed by atoms with Gasteiger partial charge < -0.3 is 9.84 Å². The van der Waals surface area contributed by atoms with Crippen molar-refractivity contribution in [1.29, 1.82) is 0 Å². The largest absolute Gasteiger partial charge is 0.465 e. The highest BCUT2D eigenvalue weighted by Gasteiger charge is 2.33. The summed E-state index contributed by atoms with van der Waals surface area (Å²) in [7, 11) is 7.17. The van der Waals surface area contributed by atoms with Crippen LogP contribution in [0.15, 0.2) is 36.4 Å². The van der Waals surface area contributed by atoms with Gasteiger partial charge in [-0.15, -0.1) is 0 Å². The number of ether oxygens (including phenoxy) is 1. The lowest BCUT2D eigenvalue weighted by Crippen LogP contribution is -2.38. The molecule has 134 valence electrons. The van der Waals surface area contributed by atoms with E-state index in [1.165, 1.54) is 7.11 Å². The van der Waals surface area contributed by atoms with Crippen LogP contribution in [0.25, 0.3) is 10.8 Å². The average Bonchev–Trinajstić information content (AvgIpc) is 2.53. The van der Waals surface area contributed by atoms with Gasteiger partial charge in [-0.3, -0.25) is 0 Å². The minimum absolute atomic E-state index is 0.0434. The van der Waals surface area contributed by atoms with Gasteiger partial charge in [0.15, 0.2) is 0 Å². The summed E-state index contributed by atoms with van der Waals surface area (Å²) >= 11 is 0. The van der Waals surface area contributed by atoms with Crippen LogP contribution in [0.1, 0.15) is 57.8 Å². The van der Waals surface area contributed by atoms with Crippen molar-refractivity contribution in [1.82, 2.24) is 0 Å². The molecule has 2 aromatic rings. The summed E-state index contributed by atoms with van der Waals surface area (Å²) in [6.07, 6.45) is 2.22. The highest BCUT2D eigenvalue weighted by atomic mass is 16.5. The Morgan fingerprint density at radius 2 is 1.80 bits per heavy atom. The zero-order chi connectivity index (χ0) is 19.3. The van der Waals surface area contributed by atoms with Gasteiger partial charge in [0.2, 0.25) is 0 Å². The first-order chi connectivity index (χ1) is 11.5. The molecule has 0 fully saturated rings. The molecule has 0 saturated carbocycles. The van der Waals surface area contributed by atoms with Crippen LogP contribution < -0.4 is 5.46 Å². The summed E-state index contributed by atoms with van der Waals surface area (Å²) in [5, 5.41) is 11.6. The third-order valence-electron chi connectivity index (χ3n) is 4.87. The highest BCUT2D eigenvalue weighted by molar-refractivity contribution is 6.38. The molecule has 0 aliphatic heterocycles. The topological polar surface area (TPSA) is 46.5 Å².